The van der Waals surface area contributed by atoms with Crippen molar-refractivity contribution < 1.29 is 19.1 Å². The van der Waals surface area contributed by atoms with Gasteiger partial charge in [0.05, 0.1) is 28.9 Å². The lowest BCUT2D eigenvalue weighted by Gasteiger charge is -2.06. The van der Waals surface area contributed by atoms with Crippen LogP contribution in [0.15, 0.2) is 23.3 Å². The number of hydrazone groups is 1. The van der Waals surface area contributed by atoms with Gasteiger partial charge >= 0.3 is 17.8 Å². The average Bonchev–Trinajstić information content (AvgIpc) is 3.24. The van der Waals surface area contributed by atoms with Crippen LogP contribution in [0.3, 0.4) is 0 Å². The third-order valence-corrected chi connectivity index (χ3v) is 6.01. The Morgan fingerprint density at radius 2 is 1.96 bits per heavy atom. The van der Waals surface area contributed by atoms with Crippen LogP contribution in [0.5, 0.6) is 0 Å². The third kappa shape index (κ3) is 4.35. The number of aryl methyl sites for hydroxylation is 1. The quantitative estimate of drug-likeness (QED) is 0.330. The van der Waals surface area contributed by atoms with Gasteiger partial charge in [0, 0.05) is 4.88 Å². The fourth-order valence-corrected chi connectivity index (χ4v) is 4.36. The number of rotatable bonds is 4. The van der Waals surface area contributed by atoms with Crippen molar-refractivity contribution in [2.24, 2.45) is 5.10 Å². The molecule has 7 nitrogen and oxygen atoms in total. The van der Waals surface area contributed by atoms with Crippen LogP contribution in [0.1, 0.15) is 32.8 Å². The fourth-order valence-electron chi connectivity index (χ4n) is 2.78. The van der Waals surface area contributed by atoms with Gasteiger partial charge in [-0.2, -0.15) is 5.10 Å². The largest absolute Gasteiger partial charge is 0.465 e. The molecular weight excluding hydrogens is 425 g/mol. The monoisotopic (exact) mass is 439 g/mol. The number of thiophene rings is 1. The van der Waals surface area contributed by atoms with Crippen LogP contribution in [0.4, 0.5) is 5.00 Å². The van der Waals surface area contributed by atoms with Gasteiger partial charge in [-0.25, -0.2) is 10.2 Å². The van der Waals surface area contributed by atoms with Crippen molar-refractivity contribution in [3.05, 3.63) is 49.8 Å². The van der Waals surface area contributed by atoms with E-state index < -0.39 is 17.8 Å². The first-order valence-corrected chi connectivity index (χ1v) is 9.80. The van der Waals surface area contributed by atoms with Crippen molar-refractivity contribution in [2.75, 3.05) is 12.4 Å². The minimum absolute atomic E-state index is 0.310. The lowest BCUT2D eigenvalue weighted by atomic mass is 10.1. The van der Waals surface area contributed by atoms with E-state index in [-0.39, 0.29) is 0 Å². The summed E-state index contributed by atoms with van der Waals surface area (Å²) in [4.78, 5) is 37.2. The first kappa shape index (κ1) is 20.3. The zero-order valence-corrected chi connectivity index (χ0v) is 17.0. The summed E-state index contributed by atoms with van der Waals surface area (Å²) in [5.41, 5.74) is 3.92. The van der Waals surface area contributed by atoms with E-state index in [9.17, 15) is 14.4 Å². The maximum atomic E-state index is 12.2. The molecule has 0 atom stereocenters. The zero-order chi connectivity index (χ0) is 20.3. The van der Waals surface area contributed by atoms with E-state index in [4.69, 9.17) is 27.9 Å². The molecule has 1 aromatic heterocycles. The molecule has 0 fully saturated rings. The fraction of sp³-hybridized carbons (Fsp3) is 0.222. The Morgan fingerprint density at radius 3 is 2.68 bits per heavy atom. The number of carbonyl (C=O) groups excluding carboxylic acids is 3. The molecule has 0 spiro atoms. The second-order valence-corrected chi connectivity index (χ2v) is 7.80. The molecule has 0 bridgehead atoms. The number of hydrogen-bond acceptors (Lipinski definition) is 6. The highest BCUT2D eigenvalue weighted by Crippen LogP contribution is 2.39. The highest BCUT2D eigenvalue weighted by Gasteiger charge is 2.29. The molecule has 1 aromatic carbocycles. The standard InChI is InChI=1S/C18H15Cl2N3O4S/c1-27-18(26)14-10-3-2-4-13(10)28-17(14)22-15(24)16(25)23-21-8-9-5-6-11(19)12(20)7-9/h5-8H,2-4H2,1H3,(H,22,24)(H,23,25)/b21-8+. The Labute approximate surface area is 174 Å². The molecule has 10 heteroatoms. The van der Waals surface area contributed by atoms with Gasteiger partial charge in [0.15, 0.2) is 0 Å². The Hall–Kier alpha value is -2.42. The minimum Gasteiger partial charge on any atom is -0.465 e. The van der Waals surface area contributed by atoms with Gasteiger partial charge in [-0.1, -0.05) is 29.3 Å². The van der Waals surface area contributed by atoms with Crippen molar-refractivity contribution in [3.63, 3.8) is 0 Å². The van der Waals surface area contributed by atoms with Crippen LogP contribution in [-0.4, -0.2) is 31.1 Å². The number of amides is 2. The molecule has 0 saturated carbocycles. The predicted molar refractivity (Wildman–Crippen MR) is 109 cm³/mol. The van der Waals surface area contributed by atoms with E-state index in [0.29, 0.717) is 26.2 Å². The van der Waals surface area contributed by atoms with Crippen molar-refractivity contribution in [2.45, 2.75) is 19.3 Å². The maximum Gasteiger partial charge on any atom is 0.341 e. The number of nitrogens with zero attached hydrogens (tertiary/aromatic N) is 1. The SMILES string of the molecule is COC(=O)c1c(NC(=O)C(=O)N/N=C/c2ccc(Cl)c(Cl)c2)sc2c1CCC2. The number of halogens is 2. The highest BCUT2D eigenvalue weighted by atomic mass is 35.5. The number of esters is 1. The molecule has 1 aliphatic carbocycles. The molecule has 0 saturated heterocycles. The van der Waals surface area contributed by atoms with Gasteiger partial charge in [0.25, 0.3) is 0 Å². The van der Waals surface area contributed by atoms with E-state index in [0.717, 1.165) is 29.7 Å². The molecule has 28 heavy (non-hydrogen) atoms. The van der Waals surface area contributed by atoms with Gasteiger partial charge in [0.2, 0.25) is 0 Å². The van der Waals surface area contributed by atoms with Gasteiger partial charge in [0.1, 0.15) is 5.00 Å². The molecule has 0 unspecified atom stereocenters. The van der Waals surface area contributed by atoms with Crippen molar-refractivity contribution >= 4 is 63.5 Å². The van der Waals surface area contributed by atoms with Gasteiger partial charge in [-0.15, -0.1) is 11.3 Å². The Morgan fingerprint density at radius 1 is 1.18 bits per heavy atom. The zero-order valence-electron chi connectivity index (χ0n) is 14.7. The number of benzene rings is 1. The van der Waals surface area contributed by atoms with Crippen LogP contribution < -0.4 is 10.7 Å². The minimum atomic E-state index is -0.972. The summed E-state index contributed by atoms with van der Waals surface area (Å²) in [6.45, 7) is 0. The first-order chi connectivity index (χ1) is 13.4. The number of methoxy groups -OCH3 is 1. The van der Waals surface area contributed by atoms with E-state index in [1.165, 1.54) is 24.7 Å². The molecule has 2 amide bonds. The average molecular weight is 440 g/mol. The molecule has 2 aromatic rings. The van der Waals surface area contributed by atoms with Gasteiger partial charge in [-0.3, -0.25) is 9.59 Å². The number of carbonyl (C=O) groups is 3. The molecule has 0 radical (unpaired) electrons. The smallest absolute Gasteiger partial charge is 0.341 e. The van der Waals surface area contributed by atoms with E-state index in [1.807, 2.05) is 0 Å². The summed E-state index contributed by atoms with van der Waals surface area (Å²) in [5.74, 6) is -2.44. The summed E-state index contributed by atoms with van der Waals surface area (Å²) in [6, 6.07) is 4.80. The number of fused-ring (bicyclic) bond motifs is 1. The van der Waals surface area contributed by atoms with Crippen LogP contribution in [0, 0.1) is 0 Å². The maximum absolute atomic E-state index is 12.2. The molecular formula is C18H15Cl2N3O4S. The van der Waals surface area contributed by atoms with Crippen LogP contribution >= 0.6 is 34.5 Å². The number of nitrogens with one attached hydrogen (secondary N) is 2. The number of ether oxygens (including phenoxy) is 1. The summed E-state index contributed by atoms with van der Waals surface area (Å²) >= 11 is 13.0. The number of anilines is 1. The lowest BCUT2D eigenvalue weighted by Crippen LogP contribution is -2.32. The molecule has 1 heterocycles. The Kier molecular flexibility index (Phi) is 6.33. The van der Waals surface area contributed by atoms with Crippen LogP contribution in [0.25, 0.3) is 0 Å². The normalized spacial score (nSPS) is 12.7. The topological polar surface area (TPSA) is 96.9 Å². The van der Waals surface area contributed by atoms with E-state index >= 15 is 0 Å². The Balaban J connectivity index is 1.66. The third-order valence-electron chi connectivity index (χ3n) is 4.07. The van der Waals surface area contributed by atoms with E-state index in [1.54, 1.807) is 18.2 Å². The van der Waals surface area contributed by atoms with Crippen molar-refractivity contribution in [1.29, 1.82) is 0 Å². The Bertz CT molecular complexity index is 987. The molecule has 2 N–H and O–H groups in total. The molecule has 0 aliphatic heterocycles. The lowest BCUT2D eigenvalue weighted by molar-refractivity contribution is -0.136. The van der Waals surface area contributed by atoms with Crippen molar-refractivity contribution in [1.82, 2.24) is 5.43 Å². The summed E-state index contributed by atoms with van der Waals surface area (Å²) in [6.07, 6.45) is 3.85. The predicted octanol–water partition coefficient (Wildman–Crippen LogP) is 3.42. The molecule has 3 rings (SSSR count). The molecule has 146 valence electrons. The van der Waals surface area contributed by atoms with Gasteiger partial charge in [-0.05, 0) is 42.5 Å². The highest BCUT2D eigenvalue weighted by molar-refractivity contribution is 7.17. The van der Waals surface area contributed by atoms with Gasteiger partial charge < -0.3 is 10.1 Å². The second-order valence-electron chi connectivity index (χ2n) is 5.88. The van der Waals surface area contributed by atoms with Crippen LogP contribution in [0.2, 0.25) is 10.0 Å². The van der Waals surface area contributed by atoms with Crippen molar-refractivity contribution in [3.8, 4) is 0 Å². The molecule has 1 aliphatic rings. The summed E-state index contributed by atoms with van der Waals surface area (Å²) in [5, 5.41) is 7.25. The van der Waals surface area contributed by atoms with Crippen LogP contribution in [-0.2, 0) is 27.2 Å². The first-order valence-electron chi connectivity index (χ1n) is 8.23. The summed E-state index contributed by atoms with van der Waals surface area (Å²) in [7, 11) is 1.28. The second kappa shape index (κ2) is 8.72. The van der Waals surface area contributed by atoms with E-state index in [2.05, 4.69) is 15.8 Å². The summed E-state index contributed by atoms with van der Waals surface area (Å²) < 4.78 is 4.81. The number of hydrogen-bond donors (Lipinski definition) is 2.